The molecule has 0 saturated carbocycles. The van der Waals surface area contributed by atoms with Crippen LogP contribution in [0.1, 0.15) is 10.5 Å². The van der Waals surface area contributed by atoms with Crippen molar-refractivity contribution in [2.45, 2.75) is 0 Å². The molecule has 0 aliphatic rings. The van der Waals surface area contributed by atoms with E-state index in [1.807, 2.05) is 53.9 Å². The molecule has 0 aliphatic heterocycles. The summed E-state index contributed by atoms with van der Waals surface area (Å²) in [6.07, 6.45) is 1.58. The molecule has 0 spiro atoms. The molecule has 2 aromatic heterocycles. The Morgan fingerprint density at radius 1 is 1.08 bits per heavy atom. The zero-order valence-electron chi connectivity index (χ0n) is 13.3. The Bertz CT molecular complexity index is 1060. The van der Waals surface area contributed by atoms with E-state index >= 15 is 0 Å². The van der Waals surface area contributed by atoms with Crippen LogP contribution in [0.2, 0.25) is 5.02 Å². The van der Waals surface area contributed by atoms with Crippen LogP contribution >= 0.6 is 22.9 Å². The molecule has 0 bridgehead atoms. The number of hydrogen-bond donors (Lipinski definition) is 1. The van der Waals surface area contributed by atoms with E-state index in [0.717, 1.165) is 11.3 Å². The lowest BCUT2D eigenvalue weighted by Gasteiger charge is -2.00. The first kappa shape index (κ1) is 16.4. The SMILES string of the molecule is O=C(Nc1nc(-c2ccccc2Cl)cs1)c1cn(-c2ccccc2)nn1. The number of halogens is 1. The smallest absolute Gasteiger partial charge is 0.279 e. The fourth-order valence-corrected chi connectivity index (χ4v) is 3.30. The van der Waals surface area contributed by atoms with Gasteiger partial charge in [-0.25, -0.2) is 9.67 Å². The third-order valence-corrected chi connectivity index (χ3v) is 4.71. The van der Waals surface area contributed by atoms with Gasteiger partial charge in [0.1, 0.15) is 0 Å². The Labute approximate surface area is 158 Å². The molecule has 2 heterocycles. The van der Waals surface area contributed by atoms with E-state index in [2.05, 4.69) is 20.6 Å². The van der Waals surface area contributed by atoms with Gasteiger partial charge in [-0.1, -0.05) is 53.2 Å². The van der Waals surface area contributed by atoms with Gasteiger partial charge in [0.05, 0.1) is 17.6 Å². The molecule has 0 aliphatic carbocycles. The topological polar surface area (TPSA) is 72.7 Å². The molecule has 6 nitrogen and oxygen atoms in total. The first-order valence-corrected chi connectivity index (χ1v) is 8.96. The summed E-state index contributed by atoms with van der Waals surface area (Å²) in [4.78, 5) is 16.8. The summed E-state index contributed by atoms with van der Waals surface area (Å²) < 4.78 is 1.55. The van der Waals surface area contributed by atoms with Gasteiger partial charge in [-0.05, 0) is 18.2 Å². The zero-order chi connectivity index (χ0) is 17.9. The maximum absolute atomic E-state index is 12.4. The van der Waals surface area contributed by atoms with Crippen molar-refractivity contribution in [1.29, 1.82) is 0 Å². The molecule has 2 aromatic carbocycles. The zero-order valence-corrected chi connectivity index (χ0v) is 14.9. The standard InChI is InChI=1S/C18H12ClN5OS/c19-14-9-5-4-8-13(14)16-11-26-18(20-16)21-17(25)15-10-24(23-22-15)12-6-2-1-3-7-12/h1-11H,(H,20,21,25). The number of nitrogens with one attached hydrogen (secondary N) is 1. The maximum atomic E-state index is 12.4. The summed E-state index contributed by atoms with van der Waals surface area (Å²) in [7, 11) is 0. The number of hydrogen-bond acceptors (Lipinski definition) is 5. The fourth-order valence-electron chi connectivity index (χ4n) is 2.36. The van der Waals surface area contributed by atoms with E-state index in [1.165, 1.54) is 11.3 Å². The van der Waals surface area contributed by atoms with Crippen molar-refractivity contribution in [3.05, 3.63) is 76.9 Å². The maximum Gasteiger partial charge on any atom is 0.279 e. The van der Waals surface area contributed by atoms with Gasteiger partial charge < -0.3 is 0 Å². The minimum Gasteiger partial charge on any atom is -0.296 e. The molecule has 4 rings (SSSR count). The lowest BCUT2D eigenvalue weighted by Crippen LogP contribution is -2.12. The Morgan fingerprint density at radius 2 is 1.85 bits per heavy atom. The lowest BCUT2D eigenvalue weighted by molar-refractivity contribution is 0.102. The van der Waals surface area contributed by atoms with Crippen LogP contribution in [0.5, 0.6) is 0 Å². The Morgan fingerprint density at radius 3 is 2.65 bits per heavy atom. The first-order chi connectivity index (χ1) is 12.7. The van der Waals surface area contributed by atoms with Crippen LogP contribution in [0.15, 0.2) is 66.2 Å². The summed E-state index contributed by atoms with van der Waals surface area (Å²) in [5.41, 5.74) is 2.57. The highest BCUT2D eigenvalue weighted by molar-refractivity contribution is 7.14. The molecule has 8 heteroatoms. The molecule has 1 N–H and O–H groups in total. The number of nitrogens with zero attached hydrogens (tertiary/aromatic N) is 4. The average Bonchev–Trinajstić information content (AvgIpc) is 3.33. The Kier molecular flexibility index (Phi) is 4.47. The molecule has 26 heavy (non-hydrogen) atoms. The normalized spacial score (nSPS) is 10.7. The molecule has 0 fully saturated rings. The molecular formula is C18H12ClN5OS. The summed E-state index contributed by atoms with van der Waals surface area (Å²) in [6.45, 7) is 0. The van der Waals surface area contributed by atoms with E-state index in [0.29, 0.717) is 15.8 Å². The third-order valence-electron chi connectivity index (χ3n) is 3.62. The number of benzene rings is 2. The van der Waals surface area contributed by atoms with E-state index < -0.39 is 0 Å². The van der Waals surface area contributed by atoms with Crippen LogP contribution < -0.4 is 5.32 Å². The van der Waals surface area contributed by atoms with Gasteiger partial charge in [0.15, 0.2) is 10.8 Å². The average molecular weight is 382 g/mol. The molecule has 128 valence electrons. The van der Waals surface area contributed by atoms with Crippen molar-refractivity contribution >= 4 is 34.0 Å². The molecule has 0 atom stereocenters. The number of amides is 1. The van der Waals surface area contributed by atoms with E-state index in [4.69, 9.17) is 11.6 Å². The number of aromatic nitrogens is 4. The summed E-state index contributed by atoms with van der Waals surface area (Å²) >= 11 is 7.51. The highest BCUT2D eigenvalue weighted by Crippen LogP contribution is 2.30. The number of rotatable bonds is 4. The molecule has 0 saturated heterocycles. The van der Waals surface area contributed by atoms with Crippen LogP contribution in [0.3, 0.4) is 0 Å². The predicted octanol–water partition coefficient (Wildman–Crippen LogP) is 4.30. The number of carbonyl (C=O) groups excluding carboxylic acids is 1. The molecule has 4 aromatic rings. The van der Waals surface area contributed by atoms with Gasteiger partial charge >= 0.3 is 0 Å². The van der Waals surface area contributed by atoms with Gasteiger partial charge in [-0.2, -0.15) is 0 Å². The minimum absolute atomic E-state index is 0.211. The molecule has 0 radical (unpaired) electrons. The van der Waals surface area contributed by atoms with Crippen molar-refractivity contribution in [2.24, 2.45) is 0 Å². The molecule has 1 amide bonds. The van der Waals surface area contributed by atoms with Crippen LogP contribution in [0, 0.1) is 0 Å². The number of para-hydroxylation sites is 1. The summed E-state index contributed by atoms with van der Waals surface area (Å²) in [5, 5.41) is 13.6. The third kappa shape index (κ3) is 3.35. The van der Waals surface area contributed by atoms with Crippen LogP contribution in [0.25, 0.3) is 16.9 Å². The van der Waals surface area contributed by atoms with E-state index in [9.17, 15) is 4.79 Å². The van der Waals surface area contributed by atoms with Gasteiger partial charge in [-0.15, -0.1) is 16.4 Å². The second-order valence-corrected chi connectivity index (χ2v) is 6.62. The Hall–Kier alpha value is -3.03. The van der Waals surface area contributed by atoms with Crippen molar-refractivity contribution in [3.8, 4) is 16.9 Å². The first-order valence-electron chi connectivity index (χ1n) is 7.70. The minimum atomic E-state index is -0.368. The van der Waals surface area contributed by atoms with Crippen LogP contribution in [0.4, 0.5) is 5.13 Å². The highest BCUT2D eigenvalue weighted by atomic mass is 35.5. The largest absolute Gasteiger partial charge is 0.296 e. The number of thiazole rings is 1. The van der Waals surface area contributed by atoms with Crippen LogP contribution in [-0.2, 0) is 0 Å². The molecular weight excluding hydrogens is 370 g/mol. The fraction of sp³-hybridized carbons (Fsp3) is 0. The highest BCUT2D eigenvalue weighted by Gasteiger charge is 2.14. The van der Waals surface area contributed by atoms with Gasteiger partial charge in [-0.3, -0.25) is 10.1 Å². The summed E-state index contributed by atoms with van der Waals surface area (Å²) in [5.74, 6) is -0.368. The van der Waals surface area contributed by atoms with Crippen molar-refractivity contribution in [2.75, 3.05) is 5.32 Å². The number of carbonyl (C=O) groups is 1. The van der Waals surface area contributed by atoms with Crippen molar-refractivity contribution < 1.29 is 4.79 Å². The van der Waals surface area contributed by atoms with Crippen LogP contribution in [-0.4, -0.2) is 25.9 Å². The predicted molar refractivity (Wildman–Crippen MR) is 102 cm³/mol. The van der Waals surface area contributed by atoms with E-state index in [1.54, 1.807) is 16.9 Å². The quantitative estimate of drug-likeness (QED) is 0.572. The van der Waals surface area contributed by atoms with E-state index in [-0.39, 0.29) is 11.6 Å². The molecule has 0 unspecified atom stereocenters. The monoisotopic (exact) mass is 381 g/mol. The summed E-state index contributed by atoms with van der Waals surface area (Å²) in [6, 6.07) is 16.9. The van der Waals surface area contributed by atoms with Gasteiger partial charge in [0.25, 0.3) is 5.91 Å². The van der Waals surface area contributed by atoms with Gasteiger partial charge in [0, 0.05) is 16.0 Å². The van der Waals surface area contributed by atoms with Crippen molar-refractivity contribution in [1.82, 2.24) is 20.0 Å². The second kappa shape index (κ2) is 7.07. The second-order valence-electron chi connectivity index (χ2n) is 5.36. The van der Waals surface area contributed by atoms with Crippen molar-refractivity contribution in [3.63, 3.8) is 0 Å². The number of anilines is 1. The van der Waals surface area contributed by atoms with Gasteiger partial charge in [0.2, 0.25) is 0 Å². The Balaban J connectivity index is 1.51. The lowest BCUT2D eigenvalue weighted by atomic mass is 10.2.